The third-order valence-corrected chi connectivity index (χ3v) is 8.27. The number of hydrogen-bond acceptors (Lipinski definition) is 10. The van der Waals surface area contributed by atoms with E-state index in [-0.39, 0.29) is 18.8 Å². The number of esters is 1. The second kappa shape index (κ2) is 12.6. The molecule has 3 rings (SSSR count). The minimum atomic E-state index is -3.77. The van der Waals surface area contributed by atoms with Crippen molar-refractivity contribution in [2.24, 2.45) is 0 Å². The van der Waals surface area contributed by atoms with Gasteiger partial charge in [-0.05, 0) is 38.6 Å². The van der Waals surface area contributed by atoms with E-state index >= 15 is 0 Å². The molecule has 12 nitrogen and oxygen atoms in total. The second-order valence-corrected chi connectivity index (χ2v) is 12.3. The van der Waals surface area contributed by atoms with Crippen molar-refractivity contribution in [1.29, 1.82) is 0 Å². The van der Waals surface area contributed by atoms with Crippen molar-refractivity contribution >= 4 is 47.6 Å². The lowest BCUT2D eigenvalue weighted by Crippen LogP contribution is -2.49. The van der Waals surface area contributed by atoms with Crippen LogP contribution in [0.1, 0.15) is 56.6 Å². The standard InChI is InChI=1S/C23H34N7O5PS/c1-5-6-7-10-34-22(32)23(3,4)29-36(33,28-21(31)17-9-8-11-37-17)15-35-16(2)12-30-14-27-18-19(24)25-13-26-20(18)30/h8-9,11,13-14,16H,5-7,10,12,15H2,1-4H3,(H2,24,25,26)(H2,28,29,31,33)/t16-,36-/m1/s1. The lowest BCUT2D eigenvalue weighted by atomic mass is 10.1. The Balaban J connectivity index is 1.70. The number of nitrogens with zero attached hydrogens (tertiary/aromatic N) is 4. The molecule has 2 atom stereocenters. The molecule has 1 amide bonds. The van der Waals surface area contributed by atoms with Crippen molar-refractivity contribution in [1.82, 2.24) is 29.7 Å². The van der Waals surface area contributed by atoms with Gasteiger partial charge in [-0.1, -0.05) is 25.8 Å². The maximum absolute atomic E-state index is 14.0. The fraction of sp³-hybridized carbons (Fsp3) is 0.522. The number of fused-ring (bicyclic) bond motifs is 1. The van der Waals surface area contributed by atoms with Gasteiger partial charge in [0, 0.05) is 0 Å². The summed E-state index contributed by atoms with van der Waals surface area (Å²) < 4.78 is 27.0. The van der Waals surface area contributed by atoms with Gasteiger partial charge >= 0.3 is 5.97 Å². The fourth-order valence-corrected chi connectivity index (χ4v) is 6.29. The van der Waals surface area contributed by atoms with E-state index in [2.05, 4.69) is 32.1 Å². The highest BCUT2D eigenvalue weighted by Crippen LogP contribution is 2.40. The topological polar surface area (TPSA) is 163 Å². The van der Waals surface area contributed by atoms with Gasteiger partial charge in [-0.25, -0.2) is 20.0 Å². The fourth-order valence-electron chi connectivity index (χ4n) is 3.51. The second-order valence-electron chi connectivity index (χ2n) is 9.17. The number of nitrogen functional groups attached to an aromatic ring is 1. The highest BCUT2D eigenvalue weighted by Gasteiger charge is 2.39. The predicted molar refractivity (Wildman–Crippen MR) is 142 cm³/mol. The van der Waals surface area contributed by atoms with Crippen LogP contribution in [-0.4, -0.2) is 56.0 Å². The molecule has 0 aliphatic carbocycles. The number of nitrogens with one attached hydrogen (secondary N) is 2. The van der Waals surface area contributed by atoms with Crippen molar-refractivity contribution in [3.05, 3.63) is 35.0 Å². The first-order valence-corrected chi connectivity index (χ1v) is 14.8. The molecule has 0 aliphatic heterocycles. The quantitative estimate of drug-likeness (QED) is 0.153. The van der Waals surface area contributed by atoms with Crippen LogP contribution in [0.2, 0.25) is 0 Å². The largest absolute Gasteiger partial charge is 0.464 e. The molecule has 3 heterocycles. The molecule has 0 spiro atoms. The minimum Gasteiger partial charge on any atom is -0.464 e. The first-order valence-electron chi connectivity index (χ1n) is 12.0. The Morgan fingerprint density at radius 3 is 2.76 bits per heavy atom. The summed E-state index contributed by atoms with van der Waals surface area (Å²) >= 11 is 1.22. The lowest BCUT2D eigenvalue weighted by Gasteiger charge is -2.31. The maximum Gasteiger partial charge on any atom is 0.326 e. The number of ether oxygens (including phenoxy) is 2. The molecule has 0 bridgehead atoms. The first kappa shape index (κ1) is 28.7. The molecule has 0 saturated heterocycles. The maximum atomic E-state index is 14.0. The predicted octanol–water partition coefficient (Wildman–Crippen LogP) is 3.56. The summed E-state index contributed by atoms with van der Waals surface area (Å²) in [6.45, 7) is 7.56. The molecule has 4 N–H and O–H groups in total. The Labute approximate surface area is 219 Å². The van der Waals surface area contributed by atoms with Gasteiger partial charge in [0.05, 0.1) is 30.5 Å². The van der Waals surface area contributed by atoms with Gasteiger partial charge in [0.15, 0.2) is 11.5 Å². The summed E-state index contributed by atoms with van der Waals surface area (Å²) in [5, 5.41) is 7.13. The van der Waals surface area contributed by atoms with Crippen LogP contribution in [0.25, 0.3) is 11.2 Å². The van der Waals surface area contributed by atoms with Crippen molar-refractivity contribution in [2.45, 2.75) is 65.1 Å². The van der Waals surface area contributed by atoms with Crippen LogP contribution in [-0.2, 0) is 25.4 Å². The number of aromatic nitrogens is 4. The van der Waals surface area contributed by atoms with Crippen LogP contribution in [0.5, 0.6) is 0 Å². The van der Waals surface area contributed by atoms with E-state index < -0.39 is 31.0 Å². The molecule has 0 radical (unpaired) electrons. The molecular formula is C23H34N7O5PS. The Morgan fingerprint density at radius 2 is 2.05 bits per heavy atom. The molecule has 14 heteroatoms. The Kier molecular flexibility index (Phi) is 9.77. The van der Waals surface area contributed by atoms with Crippen LogP contribution >= 0.6 is 18.8 Å². The number of carbonyl (C=O) groups is 2. The van der Waals surface area contributed by atoms with Crippen molar-refractivity contribution in [2.75, 3.05) is 18.7 Å². The smallest absolute Gasteiger partial charge is 0.326 e. The number of unbranched alkanes of at least 4 members (excludes halogenated alkanes) is 2. The molecular weight excluding hydrogens is 517 g/mol. The Hall–Kier alpha value is -2.86. The average Bonchev–Trinajstić information content (AvgIpc) is 3.52. The molecule has 0 aromatic carbocycles. The normalized spacial score (nSPS) is 14.3. The summed E-state index contributed by atoms with van der Waals surface area (Å²) in [4.78, 5) is 38.3. The molecule has 0 saturated carbocycles. The zero-order chi connectivity index (χ0) is 27.1. The van der Waals surface area contributed by atoms with E-state index in [9.17, 15) is 14.2 Å². The summed E-state index contributed by atoms with van der Waals surface area (Å²) in [5.74, 6) is -0.822. The molecule has 0 fully saturated rings. The average molecular weight is 552 g/mol. The van der Waals surface area contributed by atoms with Gasteiger partial charge < -0.3 is 19.8 Å². The van der Waals surface area contributed by atoms with Gasteiger partial charge in [-0.3, -0.25) is 19.2 Å². The van der Waals surface area contributed by atoms with Crippen molar-refractivity contribution in [3.8, 4) is 0 Å². The number of amides is 1. The van der Waals surface area contributed by atoms with Gasteiger partial charge in [-0.2, -0.15) is 0 Å². The summed E-state index contributed by atoms with van der Waals surface area (Å²) in [5.41, 5.74) is 5.53. The first-order chi connectivity index (χ1) is 17.5. The minimum absolute atomic E-state index is 0.268. The number of imidazole rings is 1. The SMILES string of the molecule is CCCCCOC(=O)C(C)(C)N[P@@](=O)(CO[C@H](C)Cn1cnc2c(N)ncnc21)NC(=O)c1cccs1. The monoisotopic (exact) mass is 551 g/mol. The highest BCUT2D eigenvalue weighted by atomic mass is 32.1. The van der Waals surface area contributed by atoms with Crippen LogP contribution in [0.4, 0.5) is 5.82 Å². The van der Waals surface area contributed by atoms with E-state index in [1.54, 1.807) is 49.2 Å². The summed E-state index contributed by atoms with van der Waals surface area (Å²) in [6, 6.07) is 3.35. The third kappa shape index (κ3) is 7.81. The van der Waals surface area contributed by atoms with Gasteiger partial charge in [0.25, 0.3) is 13.4 Å². The number of carbonyl (C=O) groups excluding carboxylic acids is 2. The highest BCUT2D eigenvalue weighted by molar-refractivity contribution is 7.60. The van der Waals surface area contributed by atoms with Gasteiger partial charge in [0.2, 0.25) is 0 Å². The summed E-state index contributed by atoms with van der Waals surface area (Å²) in [6.07, 6.45) is 4.78. The van der Waals surface area contributed by atoms with Gasteiger partial charge in [0.1, 0.15) is 23.7 Å². The lowest BCUT2D eigenvalue weighted by molar-refractivity contribution is -0.149. The molecule has 0 aliphatic rings. The number of nitrogens with two attached hydrogens (primary N) is 1. The summed E-state index contributed by atoms with van der Waals surface area (Å²) in [7, 11) is -3.77. The van der Waals surface area contributed by atoms with E-state index in [1.165, 1.54) is 17.7 Å². The number of hydrogen-bond donors (Lipinski definition) is 3. The van der Waals surface area contributed by atoms with E-state index in [1.807, 2.05) is 0 Å². The van der Waals surface area contributed by atoms with Crippen LogP contribution in [0.3, 0.4) is 0 Å². The van der Waals surface area contributed by atoms with Crippen molar-refractivity contribution < 1.29 is 23.6 Å². The van der Waals surface area contributed by atoms with E-state index in [0.717, 1.165) is 19.3 Å². The third-order valence-electron chi connectivity index (χ3n) is 5.40. The van der Waals surface area contributed by atoms with Crippen molar-refractivity contribution in [3.63, 3.8) is 0 Å². The molecule has 202 valence electrons. The van der Waals surface area contributed by atoms with Crippen LogP contribution in [0.15, 0.2) is 30.2 Å². The van der Waals surface area contributed by atoms with Crippen LogP contribution < -0.4 is 15.9 Å². The molecule has 37 heavy (non-hydrogen) atoms. The number of thiophene rings is 1. The number of rotatable bonds is 14. The zero-order valence-corrected chi connectivity index (χ0v) is 23.2. The molecule has 0 unspecified atom stereocenters. The zero-order valence-electron chi connectivity index (χ0n) is 21.5. The van der Waals surface area contributed by atoms with Crippen LogP contribution in [0, 0.1) is 0 Å². The molecule has 3 aromatic heterocycles. The van der Waals surface area contributed by atoms with E-state index in [4.69, 9.17) is 15.2 Å². The Morgan fingerprint density at radius 1 is 1.27 bits per heavy atom. The Bertz CT molecular complexity index is 1250. The van der Waals surface area contributed by atoms with E-state index in [0.29, 0.717) is 22.6 Å². The number of anilines is 1. The van der Waals surface area contributed by atoms with Gasteiger partial charge in [-0.15, -0.1) is 11.3 Å². The molecule has 3 aromatic rings.